The highest BCUT2D eigenvalue weighted by atomic mass is 32.2. The van der Waals surface area contributed by atoms with Gasteiger partial charge < -0.3 is 46.0 Å². The SMILES string of the molecule is C.CC1(C)C(=CC=C2CCCC(C=CC3=[N+](CCCCS(=O)(=O)O)c4ccccc4C3(C)C)=C2SC[C@H](NC(=O)[C@@H](CC(=O)[C@H](Cc2ccccc2)NC(=O)CCCCCCCCC(=O)CC[C@H](NC(=O)NCCCC(=O)O)C(=O)O)Cc2ccccc2)C(=O)O)N(CCCCS(=O)(=O)[O-])c2ccccc21.O=C=O.O=S(=O)=O.O=S(=O)=O. The fourth-order valence-electron chi connectivity index (χ4n) is 13.8. The fourth-order valence-corrected chi connectivity index (χ4v) is 16.2. The molecule has 0 bridgehead atoms. The summed E-state index contributed by atoms with van der Waals surface area (Å²) >= 11 is 1.30. The van der Waals surface area contributed by atoms with Crippen LogP contribution < -0.4 is 26.2 Å². The van der Waals surface area contributed by atoms with E-state index in [0.29, 0.717) is 58.0 Å². The minimum absolute atomic E-state index is 0. The Morgan fingerprint density at radius 1 is 0.615 bits per heavy atom. The molecule has 0 spiro atoms. The maximum absolute atomic E-state index is 15.0. The number of hydrogen-bond acceptors (Lipinski definition) is 23. The molecule has 4 aromatic carbocycles. The van der Waals surface area contributed by atoms with Crippen LogP contribution in [0.4, 0.5) is 16.2 Å². The summed E-state index contributed by atoms with van der Waals surface area (Å²) in [6.45, 7) is 9.44. The number of hydrogen-bond donors (Lipinski definition) is 8. The molecule has 1 aliphatic carbocycles. The number of carbonyl (C=O) groups excluding carboxylic acids is 7. The van der Waals surface area contributed by atoms with Crippen LogP contribution >= 0.6 is 11.8 Å². The molecule has 2 aliphatic heterocycles. The number of Topliss-reactive ketones (excluding diaryl/α,β-unsaturated/α-hetero) is 2. The summed E-state index contributed by atoms with van der Waals surface area (Å²) in [5.74, 6) is -7.23. The van der Waals surface area contributed by atoms with E-state index in [1.54, 1.807) is 0 Å². The molecule has 31 nitrogen and oxygen atoms in total. The van der Waals surface area contributed by atoms with Crippen LogP contribution in [0, 0.1) is 5.92 Å². The summed E-state index contributed by atoms with van der Waals surface area (Å²) in [7, 11) is -14.8. The lowest BCUT2D eigenvalue weighted by atomic mass is 9.81. The number of fused-ring (bicyclic) bond motifs is 2. The summed E-state index contributed by atoms with van der Waals surface area (Å²) in [6, 6.07) is 29.7. The van der Waals surface area contributed by atoms with Crippen LogP contribution in [0.5, 0.6) is 0 Å². The largest absolute Gasteiger partial charge is 0.748 e. The molecule has 0 radical (unpaired) electrons. The highest BCUT2D eigenvalue weighted by molar-refractivity contribution is 8.03. The van der Waals surface area contributed by atoms with Gasteiger partial charge in [-0.15, -0.1) is 37.0 Å². The molecule has 4 amide bonds. The zero-order chi connectivity index (χ0) is 86.2. The number of nitrogens with one attached hydrogen (secondary N) is 4. The molecule has 4 aromatic rings. The number of para-hydroxylation sites is 2. The second-order valence-corrected chi connectivity index (χ2v) is 33.7. The highest BCUT2D eigenvalue weighted by Gasteiger charge is 2.45. The number of nitrogens with zero attached hydrogens (tertiary/aromatic N) is 2. The monoisotopic (exact) mass is 1720 g/mol. The Kier molecular flexibility index (Phi) is 44.4. The number of amides is 4. The van der Waals surface area contributed by atoms with E-state index in [1.807, 2.05) is 97.1 Å². The molecule has 0 saturated carbocycles. The summed E-state index contributed by atoms with van der Waals surface area (Å²) < 4.78 is 121. The number of unbranched alkanes of at least 4 members (excludes halogenated alkanes) is 7. The van der Waals surface area contributed by atoms with Gasteiger partial charge in [-0.25, -0.2) is 22.8 Å². The first-order chi connectivity index (χ1) is 54.8. The predicted octanol–water partition coefficient (Wildman–Crippen LogP) is 9.64. The highest BCUT2D eigenvalue weighted by Crippen LogP contribution is 2.49. The molecule has 0 saturated heterocycles. The maximum atomic E-state index is 15.0. The third kappa shape index (κ3) is 37.1. The molecule has 3 aliphatic rings. The zero-order valence-electron chi connectivity index (χ0n) is 65.1. The van der Waals surface area contributed by atoms with Gasteiger partial charge in [-0.1, -0.05) is 156 Å². The fraction of sp³-hybridized carbons (Fsp3) is 0.481. The normalized spacial score (nSPS) is 15.5. The van der Waals surface area contributed by atoms with Crippen LogP contribution in [0.2, 0.25) is 0 Å². The molecule has 117 heavy (non-hydrogen) atoms. The molecular formula is C81H106N6O25S5. The Morgan fingerprint density at radius 2 is 1.17 bits per heavy atom. The minimum atomic E-state index is -4.42. The van der Waals surface area contributed by atoms with E-state index in [9.17, 15) is 74.5 Å². The van der Waals surface area contributed by atoms with E-state index in [4.69, 9.17) is 39.9 Å². The second-order valence-electron chi connectivity index (χ2n) is 28.8. The first-order valence-corrected chi connectivity index (χ1v) is 43.9. The van der Waals surface area contributed by atoms with Gasteiger partial charge in [0.2, 0.25) is 17.5 Å². The van der Waals surface area contributed by atoms with Gasteiger partial charge in [-0.05, 0) is 131 Å². The molecule has 0 fully saturated rings. The van der Waals surface area contributed by atoms with E-state index in [1.165, 1.54) is 11.8 Å². The molecule has 36 heteroatoms. The van der Waals surface area contributed by atoms with Crippen LogP contribution in [0.1, 0.15) is 186 Å². The number of carboxylic acids is 3. The molecule has 2 heterocycles. The number of thioether (sulfide) groups is 1. The van der Waals surface area contributed by atoms with E-state index < -0.39 is 118 Å². The number of rotatable bonds is 45. The number of anilines is 1. The van der Waals surface area contributed by atoms with Crippen LogP contribution in [0.15, 0.2) is 155 Å². The van der Waals surface area contributed by atoms with Crippen molar-refractivity contribution in [2.45, 2.75) is 205 Å². The number of benzene rings is 4. The Labute approximate surface area is 690 Å². The van der Waals surface area contributed by atoms with E-state index in [0.717, 1.165) is 86.8 Å². The van der Waals surface area contributed by atoms with Crippen LogP contribution in [0.3, 0.4) is 0 Å². The number of urea groups is 1. The van der Waals surface area contributed by atoms with Gasteiger partial charge in [-0.2, -0.15) is 22.6 Å². The summed E-state index contributed by atoms with van der Waals surface area (Å²) in [6.07, 6.45) is 15.9. The summed E-state index contributed by atoms with van der Waals surface area (Å²) in [5, 5.41) is 40.0. The Hall–Kier alpha value is -9.94. The van der Waals surface area contributed by atoms with E-state index in [-0.39, 0.29) is 114 Å². The van der Waals surface area contributed by atoms with Gasteiger partial charge in [0.05, 0.1) is 27.3 Å². The Bertz CT molecular complexity index is 4700. The van der Waals surface area contributed by atoms with Gasteiger partial charge in [-0.3, -0.25) is 28.5 Å². The van der Waals surface area contributed by atoms with E-state index in [2.05, 4.69) is 94.9 Å². The topological polar surface area (TPSA) is 500 Å². The molecular weight excluding hydrogens is 1620 g/mol. The zero-order valence-corrected chi connectivity index (χ0v) is 69.2. The van der Waals surface area contributed by atoms with Crippen LogP contribution in [-0.4, -0.2) is 185 Å². The van der Waals surface area contributed by atoms with Crippen LogP contribution in [0.25, 0.3) is 0 Å². The standard InChI is InChI=1S/C79H102N6O17S3.CO2.CH4.2O3S/c1-78(2)61-34-17-19-36-66(61)84(47-21-23-49-104(97,98)99)69(78)44-40-57-31-25-32-58(41-45-70-79(3,4)62-35-18-20-37-67(62)85(70)48-22-24-50-105(100,101)102)73(57)103-54-65(76(94)95)82-74(91)59(51-55-27-11-9-12-28-55)53-68(87)64(52-56-29-13-10-14-30-56)81-71(88)38-16-8-6-5-7-15-33-60(86)42-43-63(75(92)93)83-77(96)80-46-26-39-72(89)90;2-1-3;;2*1-4(2)3/h9-14,17-20,27-30,34-37,40-41,44-45,59,63-65H,5-8,15-16,21-26,31-33,38-39,42-43,46-54H2,1-4H3,(H8-,80,81,82,83,88,89,90,91,92,93,94,95,96,97,98,99,100,101,102);;1H4;;/t59-,63+,64+,65+;;;;/m1..../s1. The summed E-state index contributed by atoms with van der Waals surface area (Å²) in [4.78, 5) is 124. The smallest absolute Gasteiger partial charge is 0.425 e. The Morgan fingerprint density at radius 3 is 1.76 bits per heavy atom. The van der Waals surface area contributed by atoms with Crippen molar-refractivity contribution in [3.8, 4) is 0 Å². The lowest BCUT2D eigenvalue weighted by molar-refractivity contribution is -0.438. The van der Waals surface area contributed by atoms with Crippen LogP contribution in [-0.2, 0) is 108 Å². The third-order valence-corrected chi connectivity index (χ3v) is 22.4. The van der Waals surface area contributed by atoms with Crippen molar-refractivity contribution in [2.75, 3.05) is 41.8 Å². The average Bonchev–Trinajstić information content (AvgIpc) is 1.60. The second kappa shape index (κ2) is 51.3. The van der Waals surface area contributed by atoms with Crippen molar-refractivity contribution >= 4 is 124 Å². The average molecular weight is 1720 g/mol. The van der Waals surface area contributed by atoms with Gasteiger partial charge in [0.25, 0.3) is 10.1 Å². The molecule has 640 valence electrons. The van der Waals surface area contributed by atoms with Crippen molar-refractivity contribution in [3.05, 3.63) is 178 Å². The van der Waals surface area contributed by atoms with Crippen molar-refractivity contribution in [2.24, 2.45) is 5.92 Å². The quantitative estimate of drug-likeness (QED) is 0.0116. The van der Waals surface area contributed by atoms with Gasteiger partial charge in [0, 0.05) is 108 Å². The van der Waals surface area contributed by atoms with Crippen molar-refractivity contribution in [1.29, 1.82) is 0 Å². The number of aliphatic carboxylic acids is 3. The number of ketones is 2. The first-order valence-electron chi connectivity index (χ1n) is 37.7. The summed E-state index contributed by atoms with van der Waals surface area (Å²) in [5.41, 5.74) is 8.27. The van der Waals surface area contributed by atoms with Crippen molar-refractivity contribution in [1.82, 2.24) is 21.3 Å². The lowest BCUT2D eigenvalue weighted by Gasteiger charge is -2.28. The number of carboxylic acid groups (broad SMARTS) is 3. The van der Waals surface area contributed by atoms with E-state index >= 15 is 0 Å². The van der Waals surface area contributed by atoms with Gasteiger partial charge in [0.15, 0.2) is 11.5 Å². The van der Waals surface area contributed by atoms with Crippen molar-refractivity contribution < 1.29 is 119 Å². The third-order valence-electron chi connectivity index (χ3n) is 19.5. The molecule has 4 atom stereocenters. The minimum Gasteiger partial charge on any atom is -0.748 e. The van der Waals surface area contributed by atoms with Crippen molar-refractivity contribution in [3.63, 3.8) is 0 Å². The Balaban J connectivity index is 0.00000277. The lowest BCUT2D eigenvalue weighted by Crippen LogP contribution is -2.48. The number of allylic oxidation sites excluding steroid dienone is 7. The first kappa shape index (κ1) is 101. The molecule has 0 unspecified atom stereocenters. The molecule has 7 rings (SSSR count). The van der Waals surface area contributed by atoms with Gasteiger partial charge in [0.1, 0.15) is 24.4 Å². The molecule has 8 N–H and O–H groups in total. The number of carbonyl (C=O) groups is 8. The molecule has 0 aromatic heterocycles. The maximum Gasteiger partial charge on any atom is 0.425 e. The predicted molar refractivity (Wildman–Crippen MR) is 436 cm³/mol. The van der Waals surface area contributed by atoms with Gasteiger partial charge >= 0.3 is 51.3 Å².